The second-order valence-electron chi connectivity index (χ2n) is 7.11. The molecular formula is C30H35FO7. The molecule has 2 rings (SSSR count). The van der Waals surface area contributed by atoms with Crippen molar-refractivity contribution in [3.05, 3.63) is 115 Å². The van der Waals surface area contributed by atoms with E-state index in [1.54, 1.807) is 31.2 Å². The molecule has 0 amide bonds. The van der Waals surface area contributed by atoms with Crippen molar-refractivity contribution in [2.45, 2.75) is 33.6 Å². The van der Waals surface area contributed by atoms with Crippen LogP contribution in [0.25, 0.3) is 0 Å². The average molecular weight is 527 g/mol. The number of carbonyl (C=O) groups excluding carboxylic acids is 3. The van der Waals surface area contributed by atoms with Crippen molar-refractivity contribution >= 4 is 17.9 Å². The number of benzene rings is 2. The van der Waals surface area contributed by atoms with Gasteiger partial charge in [-0.15, -0.1) is 0 Å². The van der Waals surface area contributed by atoms with Crippen LogP contribution < -0.4 is 4.74 Å². The molecule has 2 aromatic carbocycles. The number of halogens is 1. The average Bonchev–Trinajstić information content (AvgIpc) is 2.92. The maximum Gasteiger partial charge on any atom is 0.343 e. The first kappa shape index (κ1) is 33.5. The van der Waals surface area contributed by atoms with E-state index >= 15 is 0 Å². The zero-order valence-electron chi connectivity index (χ0n) is 22.2. The summed E-state index contributed by atoms with van der Waals surface area (Å²) >= 11 is 0. The number of ether oxygens (including phenoxy) is 4. The Morgan fingerprint density at radius 1 is 0.789 bits per heavy atom. The van der Waals surface area contributed by atoms with Gasteiger partial charge in [0.15, 0.2) is 0 Å². The van der Waals surface area contributed by atoms with E-state index in [-0.39, 0.29) is 11.6 Å². The van der Waals surface area contributed by atoms with Gasteiger partial charge in [0.1, 0.15) is 17.3 Å². The molecule has 0 aliphatic heterocycles. The highest BCUT2D eigenvalue weighted by Crippen LogP contribution is 2.14. The summed E-state index contributed by atoms with van der Waals surface area (Å²) in [7, 11) is 0. The minimum Gasteiger partial charge on any atom is -0.494 e. The van der Waals surface area contributed by atoms with Crippen LogP contribution in [0.5, 0.6) is 5.75 Å². The molecule has 0 bridgehead atoms. The molecule has 0 heterocycles. The molecule has 0 fully saturated rings. The Balaban J connectivity index is 0.000000770. The van der Waals surface area contributed by atoms with Crippen LogP contribution >= 0.6 is 0 Å². The summed E-state index contributed by atoms with van der Waals surface area (Å²) in [6.07, 6.45) is 3.94. The maximum atomic E-state index is 12.4. The van der Waals surface area contributed by atoms with Crippen molar-refractivity contribution in [3.8, 4) is 5.75 Å². The van der Waals surface area contributed by atoms with Crippen molar-refractivity contribution in [1.29, 1.82) is 0 Å². The van der Waals surface area contributed by atoms with Crippen molar-refractivity contribution in [3.63, 3.8) is 0 Å². The van der Waals surface area contributed by atoms with Gasteiger partial charge in [-0.1, -0.05) is 40.2 Å². The monoisotopic (exact) mass is 526 g/mol. The Bertz CT molecular complexity index is 1070. The number of esters is 3. The highest BCUT2D eigenvalue weighted by atomic mass is 19.1. The molecule has 7 nitrogen and oxygen atoms in total. The molecule has 2 aromatic rings. The molecule has 0 saturated heterocycles. The first-order chi connectivity index (χ1) is 18.2. The Kier molecular flexibility index (Phi) is 17.4. The lowest BCUT2D eigenvalue weighted by atomic mass is 10.2. The molecule has 8 heteroatoms. The lowest BCUT2D eigenvalue weighted by Crippen LogP contribution is -2.05. The normalized spacial score (nSPS) is 9.16. The Hall–Kier alpha value is -4.46. The van der Waals surface area contributed by atoms with Crippen LogP contribution in [0.4, 0.5) is 4.39 Å². The van der Waals surface area contributed by atoms with Gasteiger partial charge in [0.05, 0.1) is 30.1 Å². The van der Waals surface area contributed by atoms with Gasteiger partial charge in [-0.2, -0.15) is 0 Å². The third-order valence-electron chi connectivity index (χ3n) is 4.11. The molecule has 0 saturated carbocycles. The minimum atomic E-state index is -0.521. The summed E-state index contributed by atoms with van der Waals surface area (Å²) in [5.74, 6) is -0.661. The Labute approximate surface area is 223 Å². The van der Waals surface area contributed by atoms with Crippen molar-refractivity contribution in [2.75, 3.05) is 13.2 Å². The Morgan fingerprint density at radius 2 is 1.29 bits per heavy atom. The summed E-state index contributed by atoms with van der Waals surface area (Å²) in [6, 6.07) is 11.7. The van der Waals surface area contributed by atoms with E-state index in [1.807, 2.05) is 13.8 Å². The third-order valence-corrected chi connectivity index (χ3v) is 4.11. The summed E-state index contributed by atoms with van der Waals surface area (Å²) < 4.78 is 32.5. The number of allylic oxidation sites excluding steroid dienone is 2. The highest BCUT2D eigenvalue weighted by molar-refractivity contribution is 5.90. The molecule has 0 unspecified atom stereocenters. The molecule has 204 valence electrons. The highest BCUT2D eigenvalue weighted by Gasteiger charge is 2.08. The second kappa shape index (κ2) is 19.7. The molecular weight excluding hydrogens is 491 g/mol. The SMILES string of the molecule is C=C(C)OC(=O)c1ccc(F)cc1.C=CC(=C)OC(=O)c1ccc(OCCCCOC(=O)C=C)cc1.CC. The van der Waals surface area contributed by atoms with E-state index in [2.05, 4.69) is 26.3 Å². The first-order valence-corrected chi connectivity index (χ1v) is 11.8. The second-order valence-corrected chi connectivity index (χ2v) is 7.11. The smallest absolute Gasteiger partial charge is 0.343 e. The zero-order chi connectivity index (χ0) is 28.9. The molecule has 0 spiro atoms. The van der Waals surface area contributed by atoms with E-state index in [1.165, 1.54) is 30.3 Å². The van der Waals surface area contributed by atoms with Crippen molar-refractivity contribution in [2.24, 2.45) is 0 Å². The molecule has 0 atom stereocenters. The summed E-state index contributed by atoms with van der Waals surface area (Å²) in [4.78, 5) is 33.7. The minimum absolute atomic E-state index is 0.201. The number of rotatable bonds is 12. The number of hydrogen-bond acceptors (Lipinski definition) is 7. The molecule has 0 N–H and O–H groups in total. The first-order valence-electron chi connectivity index (χ1n) is 11.8. The lowest BCUT2D eigenvalue weighted by molar-refractivity contribution is -0.137. The van der Waals surface area contributed by atoms with Crippen LogP contribution in [-0.2, 0) is 19.0 Å². The lowest BCUT2D eigenvalue weighted by Gasteiger charge is -2.07. The molecule has 0 aromatic heterocycles. The number of hydrogen-bond donors (Lipinski definition) is 0. The van der Waals surface area contributed by atoms with Crippen LogP contribution in [0.3, 0.4) is 0 Å². The van der Waals surface area contributed by atoms with Gasteiger partial charge in [-0.05, 0) is 74.4 Å². The zero-order valence-corrected chi connectivity index (χ0v) is 22.2. The van der Waals surface area contributed by atoms with Gasteiger partial charge < -0.3 is 18.9 Å². The quantitative estimate of drug-likeness (QED) is 0.0737. The van der Waals surface area contributed by atoms with E-state index in [9.17, 15) is 18.8 Å². The number of unbranched alkanes of at least 4 members (excludes halogenated alkanes) is 1. The summed E-state index contributed by atoms with van der Waals surface area (Å²) in [5.41, 5.74) is 0.709. The van der Waals surface area contributed by atoms with E-state index < -0.39 is 17.9 Å². The van der Waals surface area contributed by atoms with Crippen LogP contribution in [0.2, 0.25) is 0 Å². The molecule has 0 aliphatic carbocycles. The standard InChI is InChI=1S/C18H20O5.C10H9FO2.C2H6/c1-4-14(3)23-18(20)15-8-10-16(11-9-15)21-12-6-7-13-22-17(19)5-2;1-7(2)13-10(12)8-3-5-9(11)6-4-8;1-2/h4-5,8-11H,1-3,6-7,12-13H2;3-6H,1H2,2H3;1-2H3. The molecule has 0 radical (unpaired) electrons. The number of carbonyl (C=O) groups is 3. The topological polar surface area (TPSA) is 88.1 Å². The van der Waals surface area contributed by atoms with Gasteiger partial charge in [0.25, 0.3) is 0 Å². The van der Waals surface area contributed by atoms with Gasteiger partial charge >= 0.3 is 17.9 Å². The fourth-order valence-corrected chi connectivity index (χ4v) is 2.34. The molecule has 0 aliphatic rings. The van der Waals surface area contributed by atoms with Crippen LogP contribution in [0, 0.1) is 5.82 Å². The molecule has 38 heavy (non-hydrogen) atoms. The van der Waals surface area contributed by atoms with Crippen molar-refractivity contribution in [1.82, 2.24) is 0 Å². The van der Waals surface area contributed by atoms with Gasteiger partial charge in [-0.3, -0.25) is 0 Å². The van der Waals surface area contributed by atoms with Gasteiger partial charge in [0, 0.05) is 6.08 Å². The fourth-order valence-electron chi connectivity index (χ4n) is 2.34. The predicted octanol–water partition coefficient (Wildman–Crippen LogP) is 6.97. The van der Waals surface area contributed by atoms with Crippen LogP contribution in [0.15, 0.2) is 98.5 Å². The third kappa shape index (κ3) is 14.8. The van der Waals surface area contributed by atoms with Crippen LogP contribution in [-0.4, -0.2) is 31.1 Å². The van der Waals surface area contributed by atoms with Gasteiger partial charge in [-0.25, -0.2) is 18.8 Å². The summed E-state index contributed by atoms with van der Waals surface area (Å²) in [6.45, 7) is 20.1. The summed E-state index contributed by atoms with van der Waals surface area (Å²) in [5, 5.41) is 0. The van der Waals surface area contributed by atoms with Gasteiger partial charge in [0.2, 0.25) is 0 Å². The van der Waals surface area contributed by atoms with Crippen molar-refractivity contribution < 1.29 is 37.7 Å². The largest absolute Gasteiger partial charge is 0.494 e. The van der Waals surface area contributed by atoms with Crippen LogP contribution in [0.1, 0.15) is 54.3 Å². The Morgan fingerprint density at radius 3 is 1.79 bits per heavy atom. The van der Waals surface area contributed by atoms with E-state index in [0.717, 1.165) is 12.5 Å². The predicted molar refractivity (Wildman–Crippen MR) is 145 cm³/mol. The van der Waals surface area contributed by atoms with E-state index in [0.29, 0.717) is 42.3 Å². The van der Waals surface area contributed by atoms with E-state index in [4.69, 9.17) is 18.9 Å². The fraction of sp³-hybridized carbons (Fsp3) is 0.233. The maximum absolute atomic E-state index is 12.4.